The lowest BCUT2D eigenvalue weighted by molar-refractivity contribution is -0.141. The van der Waals surface area contributed by atoms with Crippen LogP contribution in [0.5, 0.6) is 5.75 Å². The van der Waals surface area contributed by atoms with Gasteiger partial charge in [0.05, 0.1) is 12.6 Å². The molecule has 0 radical (unpaired) electrons. The number of carbonyl (C=O) groups is 2. The molecule has 11 heteroatoms. The van der Waals surface area contributed by atoms with Crippen molar-refractivity contribution < 1.29 is 29.0 Å². The number of benzene rings is 3. The van der Waals surface area contributed by atoms with Crippen LogP contribution in [0.25, 0.3) is 22.5 Å². The van der Waals surface area contributed by atoms with E-state index in [-0.39, 0.29) is 17.5 Å². The zero-order valence-corrected chi connectivity index (χ0v) is 32.6. The molecule has 5 rings (SSSR count). The summed E-state index contributed by atoms with van der Waals surface area (Å²) < 4.78 is 11.4. The predicted molar refractivity (Wildman–Crippen MR) is 213 cm³/mol. The topological polar surface area (TPSA) is 160 Å². The van der Waals surface area contributed by atoms with Crippen molar-refractivity contribution in [3.05, 3.63) is 119 Å². The third-order valence-corrected chi connectivity index (χ3v) is 9.53. The van der Waals surface area contributed by atoms with E-state index in [0.29, 0.717) is 29.6 Å². The maximum Gasteiger partial charge on any atom is 0.327 e. The summed E-state index contributed by atoms with van der Waals surface area (Å²) >= 11 is 0. The highest BCUT2D eigenvalue weighted by atomic mass is 16.5. The van der Waals surface area contributed by atoms with E-state index in [0.717, 1.165) is 40.0 Å². The molecule has 3 atom stereocenters. The second-order valence-corrected chi connectivity index (χ2v) is 14.9. The lowest BCUT2D eigenvalue weighted by atomic mass is 9.86. The summed E-state index contributed by atoms with van der Waals surface area (Å²) in [4.78, 5) is 39.3. The molecule has 0 spiro atoms. The molecule has 0 aliphatic carbocycles. The Morgan fingerprint density at radius 1 is 0.836 bits per heavy atom. The van der Waals surface area contributed by atoms with Crippen LogP contribution in [0.2, 0.25) is 0 Å². The van der Waals surface area contributed by atoms with Crippen molar-refractivity contribution >= 4 is 11.9 Å². The minimum Gasteiger partial charge on any atom is -0.494 e. The molecule has 0 aliphatic rings. The van der Waals surface area contributed by atoms with Crippen LogP contribution < -0.4 is 15.4 Å². The van der Waals surface area contributed by atoms with Gasteiger partial charge in [-0.05, 0) is 66.1 Å². The molecular formula is C44H53N5O6. The highest BCUT2D eigenvalue weighted by molar-refractivity contribution is 5.94. The van der Waals surface area contributed by atoms with Crippen molar-refractivity contribution in [1.29, 1.82) is 0 Å². The molecule has 0 saturated heterocycles. The van der Waals surface area contributed by atoms with Crippen molar-refractivity contribution in [3.8, 4) is 28.3 Å². The first-order chi connectivity index (χ1) is 26.3. The van der Waals surface area contributed by atoms with Crippen molar-refractivity contribution in [1.82, 2.24) is 25.6 Å². The second-order valence-electron chi connectivity index (χ2n) is 14.9. The summed E-state index contributed by atoms with van der Waals surface area (Å²) in [7, 11) is 0. The Kier molecular flexibility index (Phi) is 13.9. The normalized spacial score (nSPS) is 13.2. The molecule has 11 nitrogen and oxygen atoms in total. The number of hydrogen-bond donors (Lipinski definition) is 4. The maximum absolute atomic E-state index is 13.5. The van der Waals surface area contributed by atoms with Crippen LogP contribution >= 0.6 is 0 Å². The van der Waals surface area contributed by atoms with Gasteiger partial charge >= 0.3 is 5.97 Å². The van der Waals surface area contributed by atoms with E-state index in [9.17, 15) is 19.8 Å². The number of oxazole rings is 1. The number of nitrogens with zero attached hydrogens (tertiary/aromatic N) is 3. The fourth-order valence-corrected chi connectivity index (χ4v) is 6.29. The summed E-state index contributed by atoms with van der Waals surface area (Å²) in [5.41, 5.74) is 5.00. The third-order valence-electron chi connectivity index (χ3n) is 9.53. The summed E-state index contributed by atoms with van der Waals surface area (Å²) in [6, 6.07) is 20.5. The van der Waals surface area contributed by atoms with Gasteiger partial charge in [0.2, 0.25) is 0 Å². The number of carboxylic acid groups (broad SMARTS) is 1. The fourth-order valence-electron chi connectivity index (χ4n) is 6.29. The highest BCUT2D eigenvalue weighted by Crippen LogP contribution is 2.25. The molecular weight excluding hydrogens is 695 g/mol. The van der Waals surface area contributed by atoms with Gasteiger partial charge in [-0.3, -0.25) is 14.9 Å². The minimum absolute atomic E-state index is 0.0882. The molecule has 2 heterocycles. The largest absolute Gasteiger partial charge is 0.494 e. The molecule has 1 amide bonds. The molecule has 3 aromatic carbocycles. The number of carboxylic acids is 1. The number of hydrogen-bond acceptors (Lipinski definition) is 9. The van der Waals surface area contributed by atoms with Gasteiger partial charge in [0.15, 0.2) is 17.8 Å². The second kappa shape index (κ2) is 18.8. The van der Waals surface area contributed by atoms with Crippen molar-refractivity contribution in [2.75, 3.05) is 6.61 Å². The van der Waals surface area contributed by atoms with E-state index < -0.39 is 30.2 Å². The quantitative estimate of drug-likeness (QED) is 0.0509. The first-order valence-electron chi connectivity index (χ1n) is 19.0. The van der Waals surface area contributed by atoms with Crippen LogP contribution in [-0.2, 0) is 16.6 Å². The molecule has 290 valence electrons. The maximum atomic E-state index is 13.5. The number of rotatable bonds is 18. The van der Waals surface area contributed by atoms with Crippen molar-refractivity contribution in [3.63, 3.8) is 0 Å². The number of aliphatic hydroxyl groups excluding tert-OH is 1. The number of unbranched alkanes of at least 4 members (excludes halogenated alkanes) is 4. The van der Waals surface area contributed by atoms with E-state index in [1.165, 1.54) is 25.7 Å². The third kappa shape index (κ3) is 11.3. The Bertz CT molecular complexity index is 1990. The van der Waals surface area contributed by atoms with E-state index in [4.69, 9.17) is 9.15 Å². The van der Waals surface area contributed by atoms with Gasteiger partial charge in [-0.15, -0.1) is 0 Å². The zero-order chi connectivity index (χ0) is 39.5. The van der Waals surface area contributed by atoms with Crippen molar-refractivity contribution in [2.45, 2.75) is 104 Å². The summed E-state index contributed by atoms with van der Waals surface area (Å²) in [6.45, 7) is 12.4. The number of aromatic nitrogens is 3. The predicted octanol–water partition coefficient (Wildman–Crippen LogP) is 8.14. The lowest BCUT2D eigenvalue weighted by Gasteiger charge is -2.27. The molecule has 0 aliphatic heterocycles. The number of aryl methyl sites for hydroxylation is 2. The molecule has 55 heavy (non-hydrogen) atoms. The minimum atomic E-state index is -1.47. The monoisotopic (exact) mass is 747 g/mol. The highest BCUT2D eigenvalue weighted by Gasteiger charge is 2.32. The molecule has 4 N–H and O–H groups in total. The average Bonchev–Trinajstić information content (AvgIpc) is 3.51. The first kappa shape index (κ1) is 40.8. The van der Waals surface area contributed by atoms with E-state index >= 15 is 0 Å². The lowest BCUT2D eigenvalue weighted by Crippen LogP contribution is -2.53. The average molecular weight is 748 g/mol. The number of aliphatic hydroxyl groups is 1. The number of carbonyl (C=O) groups excluding carboxylic acids is 1. The van der Waals surface area contributed by atoms with E-state index in [1.54, 1.807) is 38.4 Å². The fraction of sp³-hybridized carbons (Fsp3) is 0.386. The molecule has 0 fully saturated rings. The van der Waals surface area contributed by atoms with Crippen LogP contribution in [0.15, 0.2) is 89.6 Å². The van der Waals surface area contributed by atoms with Crippen LogP contribution in [0.3, 0.4) is 0 Å². The van der Waals surface area contributed by atoms with E-state index in [2.05, 4.69) is 53.3 Å². The van der Waals surface area contributed by atoms with Gasteiger partial charge in [0.25, 0.3) is 5.91 Å². The Labute approximate surface area is 323 Å². The van der Waals surface area contributed by atoms with Gasteiger partial charge in [0.1, 0.15) is 23.4 Å². The SMILES string of the molecule is CCCCCCCOc1ccc(-c2cnc(-c3ccc(C[C@H](NC(=O)c4ccc(C(C)(C)C)cc4)C(O)NC(C(=O)O)c4nc(C)oc4C)cc3)nc2)cc1. The van der Waals surface area contributed by atoms with Gasteiger partial charge in [-0.25, -0.2) is 15.0 Å². The standard InChI is InChI=1S/C44H53N5O6/c1-7-8-9-10-11-24-54-36-22-18-31(19-23-36)34-26-45-40(46-27-34)32-14-12-30(13-15-32)25-37(48-41(50)33-16-20-35(21-17-33)44(4,5)6)42(51)49-39(43(52)53)38-28(2)55-29(3)47-38/h12-23,26-27,37,39,42,49,51H,7-11,24-25H2,1-6H3,(H,48,50)(H,52,53)/t37-,39?,42?/m0/s1. The molecule has 0 bridgehead atoms. The Balaban J connectivity index is 1.28. The van der Waals surface area contributed by atoms with Crippen LogP contribution in [0.1, 0.15) is 105 Å². The molecule has 5 aromatic rings. The van der Waals surface area contributed by atoms with Crippen LogP contribution in [-0.4, -0.2) is 55.9 Å². The van der Waals surface area contributed by atoms with Crippen LogP contribution in [0.4, 0.5) is 0 Å². The molecule has 2 aromatic heterocycles. The first-order valence-corrected chi connectivity index (χ1v) is 19.0. The van der Waals surface area contributed by atoms with E-state index in [1.807, 2.05) is 60.7 Å². The number of aliphatic carboxylic acids is 1. The van der Waals surface area contributed by atoms with Gasteiger partial charge in [-0.2, -0.15) is 0 Å². The molecule has 0 saturated carbocycles. The van der Waals surface area contributed by atoms with Gasteiger partial charge in [-0.1, -0.05) is 102 Å². The van der Waals surface area contributed by atoms with Crippen LogP contribution in [0, 0.1) is 13.8 Å². The van der Waals surface area contributed by atoms with Gasteiger partial charge in [0, 0.05) is 36.0 Å². The molecule has 2 unspecified atom stereocenters. The number of ether oxygens (including phenoxy) is 1. The summed E-state index contributed by atoms with van der Waals surface area (Å²) in [5.74, 6) is 0.367. The van der Waals surface area contributed by atoms with Crippen molar-refractivity contribution in [2.24, 2.45) is 0 Å². The number of amides is 1. The smallest absolute Gasteiger partial charge is 0.327 e. The Morgan fingerprint density at radius 2 is 1.47 bits per heavy atom. The summed E-state index contributed by atoms with van der Waals surface area (Å²) in [6.07, 6.45) is 8.28. The number of nitrogens with one attached hydrogen (secondary N) is 2. The Morgan fingerprint density at radius 3 is 2.05 bits per heavy atom. The Hall–Kier alpha value is -5.39. The summed E-state index contributed by atoms with van der Waals surface area (Å²) in [5, 5.41) is 27.2. The van der Waals surface area contributed by atoms with Gasteiger partial charge < -0.3 is 24.7 Å². The zero-order valence-electron chi connectivity index (χ0n) is 32.6.